The molecule has 1 heterocycles. The molecule has 2 N–H and O–H groups in total. The van der Waals surface area contributed by atoms with Gasteiger partial charge in [-0.3, -0.25) is 9.36 Å². The lowest BCUT2D eigenvalue weighted by molar-refractivity contribution is -0.145. The van der Waals surface area contributed by atoms with E-state index in [1.54, 1.807) is 31.4 Å². The summed E-state index contributed by atoms with van der Waals surface area (Å²) in [6.45, 7) is 0. The fourth-order valence-corrected chi connectivity index (χ4v) is 4.33. The SMILES string of the molecule is COC(=O)C1CC2CC1c1c2c(O)n(-c2ccc(OC)cc2)c1O. The topological polar surface area (TPSA) is 80.9 Å². The van der Waals surface area contributed by atoms with Crippen molar-refractivity contribution in [2.24, 2.45) is 5.92 Å². The Labute approximate surface area is 139 Å². The summed E-state index contributed by atoms with van der Waals surface area (Å²) in [4.78, 5) is 12.0. The summed E-state index contributed by atoms with van der Waals surface area (Å²) >= 11 is 0. The molecule has 126 valence electrons. The van der Waals surface area contributed by atoms with Gasteiger partial charge in [-0.15, -0.1) is 0 Å². The van der Waals surface area contributed by atoms with Gasteiger partial charge in [-0.1, -0.05) is 0 Å². The Bertz CT molecular complexity index is 808. The van der Waals surface area contributed by atoms with Gasteiger partial charge in [0.05, 0.1) is 25.8 Å². The monoisotopic (exact) mass is 329 g/mol. The lowest BCUT2D eigenvalue weighted by Gasteiger charge is -2.19. The zero-order chi connectivity index (χ0) is 17.0. The number of ether oxygens (including phenoxy) is 2. The zero-order valence-corrected chi connectivity index (χ0v) is 13.5. The van der Waals surface area contributed by atoms with Gasteiger partial charge in [0.15, 0.2) is 0 Å². The molecule has 0 spiro atoms. The molecule has 24 heavy (non-hydrogen) atoms. The highest BCUT2D eigenvalue weighted by Gasteiger charge is 2.52. The van der Waals surface area contributed by atoms with Crippen molar-refractivity contribution in [3.05, 3.63) is 35.4 Å². The van der Waals surface area contributed by atoms with Gasteiger partial charge in [0, 0.05) is 17.0 Å². The minimum Gasteiger partial charge on any atom is -0.497 e. The smallest absolute Gasteiger partial charge is 0.309 e. The summed E-state index contributed by atoms with van der Waals surface area (Å²) in [6.07, 6.45) is 1.43. The van der Waals surface area contributed by atoms with Crippen molar-refractivity contribution in [3.63, 3.8) is 0 Å². The Morgan fingerprint density at radius 1 is 1.08 bits per heavy atom. The highest BCUT2D eigenvalue weighted by Crippen LogP contribution is 2.62. The number of hydrogen-bond acceptors (Lipinski definition) is 5. The van der Waals surface area contributed by atoms with Crippen LogP contribution in [0.1, 0.15) is 35.8 Å². The Morgan fingerprint density at radius 3 is 2.38 bits per heavy atom. The average molecular weight is 329 g/mol. The van der Waals surface area contributed by atoms with Crippen LogP contribution in [0.15, 0.2) is 24.3 Å². The number of esters is 1. The molecule has 3 unspecified atom stereocenters. The number of nitrogens with zero attached hydrogens (tertiary/aromatic N) is 1. The van der Waals surface area contributed by atoms with Crippen molar-refractivity contribution >= 4 is 5.97 Å². The van der Waals surface area contributed by atoms with Crippen molar-refractivity contribution in [2.75, 3.05) is 14.2 Å². The standard InChI is InChI=1S/C18H19NO5/c1-23-11-5-3-10(4-6-11)19-16(20)14-9-7-12(15(14)17(19)21)13(8-9)18(22)24-2/h3-6,9,12-13,20-21H,7-8H2,1-2H3. The molecule has 0 saturated heterocycles. The summed E-state index contributed by atoms with van der Waals surface area (Å²) in [5.74, 6) is 0.261. The summed E-state index contributed by atoms with van der Waals surface area (Å²) in [5.41, 5.74) is 2.11. The molecule has 6 nitrogen and oxygen atoms in total. The number of methoxy groups -OCH3 is 2. The van der Waals surface area contributed by atoms with Gasteiger partial charge in [0.25, 0.3) is 0 Å². The summed E-state index contributed by atoms with van der Waals surface area (Å²) in [6, 6.07) is 7.08. The first-order valence-corrected chi connectivity index (χ1v) is 7.95. The van der Waals surface area contributed by atoms with Gasteiger partial charge in [-0.2, -0.15) is 0 Å². The fraction of sp³-hybridized carbons (Fsp3) is 0.389. The number of carbonyl (C=O) groups is 1. The average Bonchev–Trinajstić information content (AvgIpc) is 3.26. The number of aromatic hydroxyl groups is 2. The molecule has 1 aromatic carbocycles. The van der Waals surface area contributed by atoms with Gasteiger partial charge < -0.3 is 19.7 Å². The van der Waals surface area contributed by atoms with Gasteiger partial charge in [-0.25, -0.2) is 0 Å². The van der Waals surface area contributed by atoms with Crippen LogP contribution < -0.4 is 4.74 Å². The first-order valence-electron chi connectivity index (χ1n) is 7.95. The van der Waals surface area contributed by atoms with E-state index < -0.39 is 0 Å². The number of carbonyl (C=O) groups excluding carboxylic acids is 1. The molecule has 1 fully saturated rings. The van der Waals surface area contributed by atoms with Crippen LogP contribution in [0.4, 0.5) is 0 Å². The van der Waals surface area contributed by atoms with Gasteiger partial charge in [0.2, 0.25) is 11.8 Å². The van der Waals surface area contributed by atoms with E-state index in [1.807, 2.05) is 0 Å². The maximum absolute atomic E-state index is 12.0. The second-order valence-corrected chi connectivity index (χ2v) is 6.41. The van der Waals surface area contributed by atoms with Crippen LogP contribution in [-0.2, 0) is 9.53 Å². The van der Waals surface area contributed by atoms with Crippen LogP contribution >= 0.6 is 0 Å². The van der Waals surface area contributed by atoms with Crippen LogP contribution in [0.5, 0.6) is 17.5 Å². The van der Waals surface area contributed by atoms with Crippen LogP contribution in [0.3, 0.4) is 0 Å². The summed E-state index contributed by atoms with van der Waals surface area (Å²) in [5, 5.41) is 21.4. The lowest BCUT2D eigenvalue weighted by Crippen LogP contribution is -2.21. The molecule has 2 aliphatic rings. The Kier molecular flexibility index (Phi) is 3.23. The minimum absolute atomic E-state index is 0.00812. The molecule has 3 atom stereocenters. The first kappa shape index (κ1) is 14.9. The molecule has 1 aromatic heterocycles. The van der Waals surface area contributed by atoms with Crippen molar-refractivity contribution in [1.82, 2.24) is 4.57 Å². The van der Waals surface area contributed by atoms with Crippen molar-refractivity contribution < 1.29 is 24.5 Å². The van der Waals surface area contributed by atoms with Gasteiger partial charge >= 0.3 is 5.97 Å². The van der Waals surface area contributed by atoms with E-state index >= 15 is 0 Å². The van der Waals surface area contributed by atoms with Crippen LogP contribution in [0.2, 0.25) is 0 Å². The second-order valence-electron chi connectivity index (χ2n) is 6.41. The van der Waals surface area contributed by atoms with E-state index in [0.717, 1.165) is 12.0 Å². The Morgan fingerprint density at radius 2 is 1.75 bits per heavy atom. The number of fused-ring (bicyclic) bond motifs is 5. The van der Waals surface area contributed by atoms with Crippen molar-refractivity contribution in [3.8, 4) is 23.2 Å². The van der Waals surface area contributed by atoms with Crippen LogP contribution in [0, 0.1) is 5.92 Å². The van der Waals surface area contributed by atoms with Gasteiger partial charge in [0.1, 0.15) is 5.75 Å². The molecule has 2 bridgehead atoms. The van der Waals surface area contributed by atoms with Crippen LogP contribution in [-0.4, -0.2) is 35.0 Å². The number of rotatable bonds is 3. The molecule has 6 heteroatoms. The van der Waals surface area contributed by atoms with E-state index in [2.05, 4.69) is 0 Å². The van der Waals surface area contributed by atoms with Gasteiger partial charge in [-0.05, 0) is 43.0 Å². The Hall–Kier alpha value is -2.63. The van der Waals surface area contributed by atoms with E-state index in [9.17, 15) is 15.0 Å². The number of benzene rings is 1. The predicted molar refractivity (Wildman–Crippen MR) is 85.9 cm³/mol. The molecule has 2 aliphatic carbocycles. The molecule has 0 amide bonds. The Balaban J connectivity index is 1.80. The third-order valence-corrected chi connectivity index (χ3v) is 5.37. The third-order valence-electron chi connectivity index (χ3n) is 5.37. The lowest BCUT2D eigenvalue weighted by atomic mass is 9.85. The summed E-state index contributed by atoms with van der Waals surface area (Å²) in [7, 11) is 2.97. The molecule has 0 aliphatic heterocycles. The van der Waals surface area contributed by atoms with Crippen molar-refractivity contribution in [1.29, 1.82) is 0 Å². The quantitative estimate of drug-likeness (QED) is 0.846. The highest BCUT2D eigenvalue weighted by molar-refractivity contribution is 5.77. The fourth-order valence-electron chi connectivity index (χ4n) is 4.33. The second kappa shape index (κ2) is 5.19. The van der Waals surface area contributed by atoms with E-state index in [4.69, 9.17) is 9.47 Å². The van der Waals surface area contributed by atoms with E-state index in [1.165, 1.54) is 11.7 Å². The molecule has 2 aromatic rings. The largest absolute Gasteiger partial charge is 0.497 e. The van der Waals surface area contributed by atoms with Crippen molar-refractivity contribution in [2.45, 2.75) is 24.7 Å². The predicted octanol–water partition coefficient (Wildman–Crippen LogP) is 2.66. The zero-order valence-electron chi connectivity index (χ0n) is 13.5. The molecular weight excluding hydrogens is 310 g/mol. The first-order chi connectivity index (χ1) is 11.6. The van der Waals surface area contributed by atoms with E-state index in [-0.39, 0.29) is 35.5 Å². The van der Waals surface area contributed by atoms with Crippen LogP contribution in [0.25, 0.3) is 5.69 Å². The molecule has 4 rings (SSSR count). The molecular formula is C18H19NO5. The maximum atomic E-state index is 12.0. The minimum atomic E-state index is -0.246. The van der Waals surface area contributed by atoms with E-state index in [0.29, 0.717) is 23.4 Å². The number of hydrogen-bond donors (Lipinski definition) is 2. The number of aromatic nitrogens is 1. The summed E-state index contributed by atoms with van der Waals surface area (Å²) < 4.78 is 11.5. The maximum Gasteiger partial charge on any atom is 0.309 e. The normalized spacial score (nSPS) is 24.0. The molecule has 0 radical (unpaired) electrons. The third kappa shape index (κ3) is 1.85. The molecule has 1 saturated carbocycles. The highest BCUT2D eigenvalue weighted by atomic mass is 16.5.